The van der Waals surface area contributed by atoms with Crippen LogP contribution in [0.25, 0.3) is 0 Å². The zero-order valence-electron chi connectivity index (χ0n) is 24.8. The normalized spacial score (nSPS) is 12.3. The molecule has 0 saturated heterocycles. The van der Waals surface area contributed by atoms with Crippen molar-refractivity contribution >= 4 is 66.0 Å². The topological polar surface area (TPSA) is 86.8 Å². The highest BCUT2D eigenvalue weighted by atomic mass is 127. The highest BCUT2D eigenvalue weighted by Crippen LogP contribution is 2.26. The second-order valence-electron chi connectivity index (χ2n) is 11.4. The Morgan fingerprint density at radius 3 is 2.02 bits per heavy atom. The molecule has 0 unspecified atom stereocenters. The zero-order valence-corrected chi connectivity index (χ0v) is 29.3. The standard InChI is InChI=1S/C34H35BrIN3O4S/c1-34(2,3)37-33(41)31(22-25-11-6-4-7-12-25)38(23-26-13-10-14-27(35)21-26)32(40)24-39(29-19-17-28(36)18-20-29)44(42,43)30-15-8-5-9-16-30/h4-21,31H,22-24H2,1-3H3,(H,37,41)/t31-/m1/s1. The number of rotatable bonds is 11. The van der Waals surface area contributed by atoms with Crippen molar-refractivity contribution in [2.45, 2.75) is 50.2 Å². The van der Waals surface area contributed by atoms with E-state index in [1.54, 1.807) is 42.5 Å². The first-order valence-electron chi connectivity index (χ1n) is 14.1. The fourth-order valence-corrected chi connectivity index (χ4v) is 6.94. The van der Waals surface area contributed by atoms with Gasteiger partial charge in [0.15, 0.2) is 0 Å². The maximum atomic E-state index is 14.5. The van der Waals surface area contributed by atoms with Crippen LogP contribution in [0.15, 0.2) is 119 Å². The van der Waals surface area contributed by atoms with Gasteiger partial charge < -0.3 is 10.2 Å². The molecule has 0 heterocycles. The summed E-state index contributed by atoms with van der Waals surface area (Å²) >= 11 is 5.66. The molecule has 0 aromatic heterocycles. The molecule has 0 saturated carbocycles. The van der Waals surface area contributed by atoms with Crippen LogP contribution in [0.1, 0.15) is 31.9 Å². The van der Waals surface area contributed by atoms with Gasteiger partial charge in [0.2, 0.25) is 11.8 Å². The van der Waals surface area contributed by atoms with E-state index in [4.69, 9.17) is 0 Å². The molecule has 10 heteroatoms. The third-order valence-electron chi connectivity index (χ3n) is 6.74. The average Bonchev–Trinajstić information content (AvgIpc) is 2.98. The molecule has 2 amide bonds. The summed E-state index contributed by atoms with van der Waals surface area (Å²) in [5.74, 6) is -0.829. The highest BCUT2D eigenvalue weighted by Gasteiger charge is 2.35. The number of carbonyl (C=O) groups is 2. The number of hydrogen-bond donors (Lipinski definition) is 1. The molecule has 0 aliphatic heterocycles. The maximum Gasteiger partial charge on any atom is 0.264 e. The first-order valence-corrected chi connectivity index (χ1v) is 17.4. The molecule has 1 N–H and O–H groups in total. The summed E-state index contributed by atoms with van der Waals surface area (Å²) in [5, 5.41) is 3.04. The van der Waals surface area contributed by atoms with Gasteiger partial charge in [-0.3, -0.25) is 13.9 Å². The summed E-state index contributed by atoms with van der Waals surface area (Å²) in [7, 11) is -4.13. The van der Waals surface area contributed by atoms with Crippen molar-refractivity contribution in [3.05, 3.63) is 128 Å². The number of nitrogens with zero attached hydrogens (tertiary/aromatic N) is 2. The second-order valence-corrected chi connectivity index (χ2v) is 15.4. The van der Waals surface area contributed by atoms with Crippen molar-refractivity contribution in [1.29, 1.82) is 0 Å². The van der Waals surface area contributed by atoms with Crippen molar-refractivity contribution in [3.8, 4) is 0 Å². The van der Waals surface area contributed by atoms with E-state index in [0.29, 0.717) is 5.69 Å². The molecule has 0 spiro atoms. The molecule has 0 aliphatic carbocycles. The molecule has 1 atom stereocenters. The molecule has 0 aliphatic rings. The summed E-state index contributed by atoms with van der Waals surface area (Å²) in [6, 6.07) is 31.1. The van der Waals surface area contributed by atoms with Crippen LogP contribution in [-0.2, 0) is 32.6 Å². The van der Waals surface area contributed by atoms with Gasteiger partial charge in [0.1, 0.15) is 12.6 Å². The van der Waals surface area contributed by atoms with Crippen molar-refractivity contribution in [3.63, 3.8) is 0 Å². The SMILES string of the molecule is CC(C)(C)NC(=O)[C@@H](Cc1ccccc1)N(Cc1cccc(Br)c1)C(=O)CN(c1ccc(I)cc1)S(=O)(=O)c1ccccc1. The van der Waals surface area contributed by atoms with Crippen molar-refractivity contribution in [1.82, 2.24) is 10.2 Å². The Labute approximate surface area is 282 Å². The summed E-state index contributed by atoms with van der Waals surface area (Å²) in [5.41, 5.74) is 1.46. The van der Waals surface area contributed by atoms with Gasteiger partial charge in [-0.25, -0.2) is 8.42 Å². The number of nitrogens with one attached hydrogen (secondary N) is 1. The minimum Gasteiger partial charge on any atom is -0.350 e. The van der Waals surface area contributed by atoms with E-state index in [1.807, 2.05) is 75.4 Å². The van der Waals surface area contributed by atoms with Crippen LogP contribution in [0.3, 0.4) is 0 Å². The largest absolute Gasteiger partial charge is 0.350 e. The fourth-order valence-electron chi connectivity index (χ4n) is 4.69. The van der Waals surface area contributed by atoms with E-state index in [0.717, 1.165) is 23.5 Å². The van der Waals surface area contributed by atoms with Gasteiger partial charge in [-0.1, -0.05) is 76.6 Å². The Morgan fingerprint density at radius 2 is 1.43 bits per heavy atom. The fraction of sp³-hybridized carbons (Fsp3) is 0.235. The van der Waals surface area contributed by atoms with Gasteiger partial charge in [0.05, 0.1) is 10.6 Å². The Hall–Kier alpha value is -3.22. The van der Waals surface area contributed by atoms with Gasteiger partial charge in [-0.05, 0) is 103 Å². The minimum absolute atomic E-state index is 0.0659. The van der Waals surface area contributed by atoms with E-state index < -0.39 is 34.1 Å². The van der Waals surface area contributed by atoms with Crippen LogP contribution in [0.2, 0.25) is 0 Å². The quantitative estimate of drug-likeness (QED) is 0.170. The lowest BCUT2D eigenvalue weighted by molar-refractivity contribution is -0.140. The molecule has 4 rings (SSSR count). The third kappa shape index (κ3) is 9.15. The predicted octanol–water partition coefficient (Wildman–Crippen LogP) is 6.80. The maximum absolute atomic E-state index is 14.5. The number of halogens is 2. The third-order valence-corrected chi connectivity index (χ3v) is 9.74. The van der Waals surface area contributed by atoms with Crippen molar-refractivity contribution < 1.29 is 18.0 Å². The molecule has 0 fully saturated rings. The predicted molar refractivity (Wildman–Crippen MR) is 187 cm³/mol. The van der Waals surface area contributed by atoms with Crippen molar-refractivity contribution in [2.75, 3.05) is 10.8 Å². The van der Waals surface area contributed by atoms with Gasteiger partial charge in [-0.2, -0.15) is 0 Å². The zero-order chi connectivity index (χ0) is 31.9. The van der Waals surface area contributed by atoms with Crippen LogP contribution >= 0.6 is 38.5 Å². The Bertz CT molecular complexity index is 1680. The monoisotopic (exact) mass is 787 g/mol. The lowest BCUT2D eigenvalue weighted by atomic mass is 10.0. The molecular formula is C34H35BrIN3O4S. The van der Waals surface area contributed by atoms with Gasteiger partial charge in [-0.15, -0.1) is 0 Å². The smallest absolute Gasteiger partial charge is 0.264 e. The van der Waals surface area contributed by atoms with Crippen molar-refractivity contribution in [2.24, 2.45) is 0 Å². The van der Waals surface area contributed by atoms with Crippen LogP contribution in [-0.4, -0.2) is 43.3 Å². The summed E-state index contributed by atoms with van der Waals surface area (Å²) in [4.78, 5) is 30.0. The molecule has 7 nitrogen and oxygen atoms in total. The molecular weight excluding hydrogens is 753 g/mol. The number of anilines is 1. The number of carbonyl (C=O) groups excluding carboxylic acids is 2. The van der Waals surface area contributed by atoms with Gasteiger partial charge >= 0.3 is 0 Å². The van der Waals surface area contributed by atoms with Gasteiger partial charge in [0.25, 0.3) is 10.0 Å². The Morgan fingerprint density at radius 1 is 0.841 bits per heavy atom. The van der Waals surface area contributed by atoms with E-state index in [2.05, 4.69) is 43.8 Å². The Balaban J connectivity index is 1.81. The van der Waals surface area contributed by atoms with E-state index >= 15 is 0 Å². The molecule has 0 bridgehead atoms. The van der Waals surface area contributed by atoms with Gasteiger partial charge in [0, 0.05) is 26.5 Å². The van der Waals surface area contributed by atoms with E-state index in [1.165, 1.54) is 17.0 Å². The second kappa shape index (κ2) is 14.7. The van der Waals surface area contributed by atoms with Crippen LogP contribution < -0.4 is 9.62 Å². The highest BCUT2D eigenvalue weighted by molar-refractivity contribution is 14.1. The number of benzene rings is 4. The molecule has 4 aromatic carbocycles. The lowest BCUT2D eigenvalue weighted by Crippen LogP contribution is -2.56. The number of sulfonamides is 1. The summed E-state index contributed by atoms with van der Waals surface area (Å²) < 4.78 is 30.9. The van der Waals surface area contributed by atoms with E-state index in [9.17, 15) is 18.0 Å². The molecule has 0 radical (unpaired) electrons. The molecule has 4 aromatic rings. The average molecular weight is 789 g/mol. The lowest BCUT2D eigenvalue weighted by Gasteiger charge is -2.35. The molecule has 230 valence electrons. The van der Waals surface area contributed by atoms with Crippen LogP contribution in [0, 0.1) is 3.57 Å². The number of amides is 2. The Kier molecular flexibility index (Phi) is 11.3. The first kappa shape index (κ1) is 33.7. The minimum atomic E-state index is -4.13. The number of hydrogen-bond acceptors (Lipinski definition) is 4. The molecule has 44 heavy (non-hydrogen) atoms. The summed E-state index contributed by atoms with van der Waals surface area (Å²) in [6.45, 7) is 5.25. The van der Waals surface area contributed by atoms with Crippen LogP contribution in [0.4, 0.5) is 5.69 Å². The summed E-state index contributed by atoms with van der Waals surface area (Å²) in [6.07, 6.45) is 0.247. The first-order chi connectivity index (χ1) is 20.8. The van der Waals surface area contributed by atoms with E-state index in [-0.39, 0.29) is 23.8 Å². The van der Waals surface area contributed by atoms with Crippen LogP contribution in [0.5, 0.6) is 0 Å².